The van der Waals surface area contributed by atoms with E-state index in [1.807, 2.05) is 31.2 Å². The third-order valence-corrected chi connectivity index (χ3v) is 4.25. The third-order valence-electron chi connectivity index (χ3n) is 3.35. The van der Waals surface area contributed by atoms with Gasteiger partial charge in [-0.2, -0.15) is 5.10 Å². The van der Waals surface area contributed by atoms with E-state index in [1.54, 1.807) is 6.21 Å². The second-order valence-corrected chi connectivity index (χ2v) is 6.81. The van der Waals surface area contributed by atoms with Gasteiger partial charge in [0.2, 0.25) is 0 Å². The van der Waals surface area contributed by atoms with Crippen LogP contribution in [-0.4, -0.2) is 17.9 Å². The quantitative estimate of drug-likeness (QED) is 0.280. The van der Waals surface area contributed by atoms with Gasteiger partial charge in [0.15, 0.2) is 16.6 Å². The Labute approximate surface area is 166 Å². The number of aryl methyl sites for hydroxylation is 1. The van der Waals surface area contributed by atoms with E-state index in [9.17, 15) is 0 Å². The van der Waals surface area contributed by atoms with Gasteiger partial charge in [0.25, 0.3) is 0 Å². The Balaban J connectivity index is 2.23. The van der Waals surface area contributed by atoms with Crippen molar-refractivity contribution >= 4 is 46.1 Å². The molecule has 0 unspecified atom stereocenters. The van der Waals surface area contributed by atoms with Crippen LogP contribution in [0.3, 0.4) is 0 Å². The van der Waals surface area contributed by atoms with Crippen LogP contribution in [0.25, 0.3) is 0 Å². The van der Waals surface area contributed by atoms with Crippen LogP contribution in [0.5, 0.6) is 11.5 Å². The zero-order valence-corrected chi connectivity index (χ0v) is 17.1. The lowest BCUT2D eigenvalue weighted by Crippen LogP contribution is -2.24. The van der Waals surface area contributed by atoms with Crippen LogP contribution in [0.4, 0.5) is 0 Å². The molecule has 0 amide bonds. The van der Waals surface area contributed by atoms with Crippen molar-refractivity contribution in [2.24, 2.45) is 10.8 Å². The number of nitrogens with zero attached hydrogens (tertiary/aromatic N) is 1. The van der Waals surface area contributed by atoms with Gasteiger partial charge in [-0.05, 0) is 77.5 Å². The van der Waals surface area contributed by atoms with Gasteiger partial charge in [-0.3, -0.25) is 5.43 Å². The first kappa shape index (κ1) is 19.5. The van der Waals surface area contributed by atoms with Crippen molar-refractivity contribution in [3.8, 4) is 11.5 Å². The van der Waals surface area contributed by atoms with E-state index in [0.29, 0.717) is 19.0 Å². The number of benzene rings is 2. The van der Waals surface area contributed by atoms with E-state index < -0.39 is 0 Å². The van der Waals surface area contributed by atoms with Crippen molar-refractivity contribution < 1.29 is 9.47 Å². The second-order valence-electron chi connectivity index (χ2n) is 5.21. The van der Waals surface area contributed by atoms with Crippen molar-refractivity contribution in [1.29, 1.82) is 0 Å². The number of rotatable bonds is 7. The number of hydrogen-bond acceptors (Lipinski definition) is 4. The summed E-state index contributed by atoms with van der Waals surface area (Å²) in [5, 5.41) is 4.10. The fourth-order valence-corrected chi connectivity index (χ4v) is 2.99. The normalized spacial score (nSPS) is 10.7. The number of hydrogen-bond donors (Lipinski definition) is 2. The SMILES string of the molecule is CCOc1cc(/C=N\NC(N)=S)cc(I)c1OCc1ccccc1C. The van der Waals surface area contributed by atoms with E-state index in [1.165, 1.54) is 5.56 Å². The molecule has 7 heteroatoms. The molecule has 25 heavy (non-hydrogen) atoms. The van der Waals surface area contributed by atoms with E-state index in [2.05, 4.69) is 52.2 Å². The predicted molar refractivity (Wildman–Crippen MR) is 113 cm³/mol. The van der Waals surface area contributed by atoms with Gasteiger partial charge in [0.1, 0.15) is 6.61 Å². The molecule has 0 aliphatic rings. The van der Waals surface area contributed by atoms with Gasteiger partial charge in [0.05, 0.1) is 16.4 Å². The fourth-order valence-electron chi connectivity index (χ4n) is 2.16. The average molecular weight is 469 g/mol. The van der Waals surface area contributed by atoms with E-state index in [0.717, 1.165) is 20.4 Å². The lowest BCUT2D eigenvalue weighted by atomic mass is 10.1. The Hall–Kier alpha value is -1.87. The Morgan fingerprint density at radius 3 is 2.76 bits per heavy atom. The maximum absolute atomic E-state index is 6.05. The van der Waals surface area contributed by atoms with Crippen LogP contribution >= 0.6 is 34.8 Å². The molecule has 0 atom stereocenters. The number of ether oxygens (including phenoxy) is 2. The zero-order chi connectivity index (χ0) is 18.2. The molecule has 0 bridgehead atoms. The first-order chi connectivity index (χ1) is 12.0. The summed E-state index contributed by atoms with van der Waals surface area (Å²) in [6, 6.07) is 12.0. The minimum absolute atomic E-state index is 0.120. The molecule has 0 saturated heterocycles. The van der Waals surface area contributed by atoms with Crippen LogP contribution in [0.15, 0.2) is 41.5 Å². The minimum atomic E-state index is 0.120. The fraction of sp³-hybridized carbons (Fsp3) is 0.222. The summed E-state index contributed by atoms with van der Waals surface area (Å²) in [7, 11) is 0. The first-order valence-electron chi connectivity index (χ1n) is 7.73. The van der Waals surface area contributed by atoms with Crippen molar-refractivity contribution in [3.05, 3.63) is 56.7 Å². The lowest BCUT2D eigenvalue weighted by Gasteiger charge is -2.15. The highest BCUT2D eigenvalue weighted by Crippen LogP contribution is 2.34. The molecule has 2 aromatic rings. The minimum Gasteiger partial charge on any atom is -0.490 e. The monoisotopic (exact) mass is 469 g/mol. The molecule has 0 aliphatic heterocycles. The Morgan fingerprint density at radius 2 is 2.08 bits per heavy atom. The van der Waals surface area contributed by atoms with Crippen LogP contribution in [0.2, 0.25) is 0 Å². The van der Waals surface area contributed by atoms with Gasteiger partial charge >= 0.3 is 0 Å². The largest absolute Gasteiger partial charge is 0.490 e. The van der Waals surface area contributed by atoms with Crippen LogP contribution in [-0.2, 0) is 6.61 Å². The Bertz CT molecular complexity index is 781. The lowest BCUT2D eigenvalue weighted by molar-refractivity contribution is 0.267. The summed E-state index contributed by atoms with van der Waals surface area (Å²) in [4.78, 5) is 0. The van der Waals surface area contributed by atoms with Gasteiger partial charge in [-0.15, -0.1) is 0 Å². The first-order valence-corrected chi connectivity index (χ1v) is 9.22. The molecule has 0 spiro atoms. The molecule has 0 saturated carbocycles. The second kappa shape index (κ2) is 9.57. The van der Waals surface area contributed by atoms with Crippen LogP contribution in [0, 0.1) is 10.5 Å². The van der Waals surface area contributed by atoms with Crippen molar-refractivity contribution in [3.63, 3.8) is 0 Å². The topological polar surface area (TPSA) is 68.9 Å². The molecule has 0 fully saturated rings. The highest BCUT2D eigenvalue weighted by Gasteiger charge is 2.12. The van der Waals surface area contributed by atoms with Crippen LogP contribution in [0.1, 0.15) is 23.6 Å². The molecule has 2 aromatic carbocycles. The Kier molecular flexibility index (Phi) is 7.45. The molecule has 0 aromatic heterocycles. The summed E-state index contributed by atoms with van der Waals surface area (Å²) < 4.78 is 12.7. The molecule has 2 rings (SSSR count). The molecule has 132 valence electrons. The number of halogens is 1. The highest BCUT2D eigenvalue weighted by molar-refractivity contribution is 14.1. The number of hydrazone groups is 1. The van der Waals surface area contributed by atoms with Crippen LogP contribution < -0.4 is 20.6 Å². The number of nitrogens with one attached hydrogen (secondary N) is 1. The van der Waals surface area contributed by atoms with E-state index in [4.69, 9.17) is 27.4 Å². The molecule has 0 heterocycles. The maximum atomic E-state index is 6.05. The third kappa shape index (κ3) is 5.86. The molecular weight excluding hydrogens is 449 g/mol. The summed E-state index contributed by atoms with van der Waals surface area (Å²) in [5.74, 6) is 1.41. The molecule has 0 radical (unpaired) electrons. The van der Waals surface area contributed by atoms with Crippen molar-refractivity contribution in [1.82, 2.24) is 5.43 Å². The van der Waals surface area contributed by atoms with E-state index in [-0.39, 0.29) is 5.11 Å². The van der Waals surface area contributed by atoms with Gasteiger partial charge < -0.3 is 15.2 Å². The van der Waals surface area contributed by atoms with Gasteiger partial charge in [-0.25, -0.2) is 0 Å². The van der Waals surface area contributed by atoms with E-state index >= 15 is 0 Å². The summed E-state index contributed by atoms with van der Waals surface area (Å²) >= 11 is 6.95. The standard InChI is InChI=1S/C18H20IN3O2S/c1-3-23-16-9-13(10-21-22-18(20)25)8-15(19)17(16)24-11-14-7-5-4-6-12(14)2/h4-10H,3,11H2,1-2H3,(H3,20,22,25)/b21-10-. The summed E-state index contributed by atoms with van der Waals surface area (Å²) in [6.45, 7) is 5.04. The van der Waals surface area contributed by atoms with Gasteiger partial charge in [0, 0.05) is 0 Å². The molecular formula is C18H20IN3O2S. The average Bonchev–Trinajstić information content (AvgIpc) is 2.55. The maximum Gasteiger partial charge on any atom is 0.184 e. The van der Waals surface area contributed by atoms with Crippen molar-refractivity contribution in [2.45, 2.75) is 20.5 Å². The Morgan fingerprint density at radius 1 is 1.32 bits per heavy atom. The number of thiocarbonyl (C=S) groups is 1. The smallest absolute Gasteiger partial charge is 0.184 e. The summed E-state index contributed by atoms with van der Waals surface area (Å²) in [6.07, 6.45) is 1.63. The summed E-state index contributed by atoms with van der Waals surface area (Å²) in [5.41, 5.74) is 11.1. The zero-order valence-electron chi connectivity index (χ0n) is 14.1. The highest BCUT2D eigenvalue weighted by atomic mass is 127. The van der Waals surface area contributed by atoms with Gasteiger partial charge in [-0.1, -0.05) is 24.3 Å². The molecule has 5 nitrogen and oxygen atoms in total. The molecule has 3 N–H and O–H groups in total. The predicted octanol–water partition coefficient (Wildman–Crippen LogP) is 3.74. The number of nitrogens with two attached hydrogens (primary N) is 1. The van der Waals surface area contributed by atoms with Crippen molar-refractivity contribution in [2.75, 3.05) is 6.61 Å². The molecule has 0 aliphatic carbocycles.